The van der Waals surface area contributed by atoms with Crippen LogP contribution >= 0.6 is 0 Å². The first-order valence-electron chi connectivity index (χ1n) is 6.21. The Morgan fingerprint density at radius 3 is 2.65 bits per heavy atom. The average Bonchev–Trinajstić information content (AvgIpc) is 2.38. The first-order valence-corrected chi connectivity index (χ1v) is 6.21. The zero-order valence-corrected chi connectivity index (χ0v) is 10.9. The number of nitrogens with one attached hydrogen (secondary N) is 1. The molecule has 2 rings (SSSR count). The van der Waals surface area contributed by atoms with Crippen molar-refractivity contribution in [3.63, 3.8) is 0 Å². The largest absolute Gasteiger partial charge is 0.383 e. The standard InChI is InChI=1S/C14H15F4NO/c1-14(8-20-13(17)18)5-4-9(7-19-14)11-3-2-10(15)6-12(11)16/h2-3,6-7,13,19H,4-5,8H2,1H3/t14-/m0/s1. The van der Waals surface area contributed by atoms with E-state index in [9.17, 15) is 17.6 Å². The number of ether oxygens (including phenoxy) is 1. The number of rotatable bonds is 4. The highest BCUT2D eigenvalue weighted by atomic mass is 19.3. The Hall–Kier alpha value is -1.56. The van der Waals surface area contributed by atoms with Crippen LogP contribution in [0.2, 0.25) is 0 Å². The number of hydrogen-bond acceptors (Lipinski definition) is 2. The molecular formula is C14H15F4NO. The SMILES string of the molecule is C[C@@]1(COC(F)F)CCC(c2ccc(F)cc2F)=CN1. The van der Waals surface area contributed by atoms with E-state index in [1.165, 1.54) is 12.1 Å². The Morgan fingerprint density at radius 1 is 1.35 bits per heavy atom. The fourth-order valence-electron chi connectivity index (χ4n) is 2.14. The molecule has 1 atom stereocenters. The summed E-state index contributed by atoms with van der Waals surface area (Å²) in [5.74, 6) is -1.27. The highest BCUT2D eigenvalue weighted by Crippen LogP contribution is 2.30. The van der Waals surface area contributed by atoms with Crippen LogP contribution in [0.1, 0.15) is 25.3 Å². The summed E-state index contributed by atoms with van der Waals surface area (Å²) in [5, 5.41) is 2.96. The minimum absolute atomic E-state index is 0.139. The number of alkyl halides is 2. The topological polar surface area (TPSA) is 21.3 Å². The van der Waals surface area contributed by atoms with Gasteiger partial charge in [-0.3, -0.25) is 0 Å². The van der Waals surface area contributed by atoms with Crippen molar-refractivity contribution in [2.24, 2.45) is 0 Å². The summed E-state index contributed by atoms with van der Waals surface area (Å²) in [6.07, 6.45) is 2.59. The third kappa shape index (κ3) is 3.50. The maximum Gasteiger partial charge on any atom is 0.345 e. The molecule has 0 fully saturated rings. The molecule has 0 spiro atoms. The van der Waals surface area contributed by atoms with Gasteiger partial charge in [-0.2, -0.15) is 8.78 Å². The van der Waals surface area contributed by atoms with Crippen molar-refractivity contribution in [2.45, 2.75) is 31.9 Å². The van der Waals surface area contributed by atoms with Crippen LogP contribution < -0.4 is 5.32 Å². The third-order valence-corrected chi connectivity index (χ3v) is 3.35. The van der Waals surface area contributed by atoms with Gasteiger partial charge >= 0.3 is 6.61 Å². The molecule has 0 bridgehead atoms. The molecule has 1 aliphatic heterocycles. The molecule has 0 unspecified atom stereocenters. The van der Waals surface area contributed by atoms with Crippen LogP contribution in [0.25, 0.3) is 5.57 Å². The zero-order valence-electron chi connectivity index (χ0n) is 10.9. The van der Waals surface area contributed by atoms with E-state index in [0.29, 0.717) is 24.0 Å². The van der Waals surface area contributed by atoms with Gasteiger partial charge in [-0.05, 0) is 37.5 Å². The van der Waals surface area contributed by atoms with Crippen molar-refractivity contribution >= 4 is 5.57 Å². The molecule has 0 saturated carbocycles. The lowest BCUT2D eigenvalue weighted by molar-refractivity contribution is -0.142. The molecule has 110 valence electrons. The molecule has 0 radical (unpaired) electrons. The molecule has 20 heavy (non-hydrogen) atoms. The van der Waals surface area contributed by atoms with Gasteiger partial charge in [-0.15, -0.1) is 0 Å². The summed E-state index contributed by atoms with van der Waals surface area (Å²) >= 11 is 0. The van der Waals surface area contributed by atoms with Crippen molar-refractivity contribution in [2.75, 3.05) is 6.61 Å². The molecule has 0 aromatic heterocycles. The van der Waals surface area contributed by atoms with Crippen LogP contribution in [0.15, 0.2) is 24.4 Å². The van der Waals surface area contributed by atoms with Gasteiger partial charge < -0.3 is 10.1 Å². The van der Waals surface area contributed by atoms with Crippen molar-refractivity contribution in [1.82, 2.24) is 5.32 Å². The molecule has 1 aromatic carbocycles. The quantitative estimate of drug-likeness (QED) is 0.854. The molecule has 0 saturated heterocycles. The summed E-state index contributed by atoms with van der Waals surface area (Å²) in [7, 11) is 0. The Morgan fingerprint density at radius 2 is 2.10 bits per heavy atom. The van der Waals surface area contributed by atoms with Crippen LogP contribution in [0.3, 0.4) is 0 Å². The average molecular weight is 289 g/mol. The molecule has 6 heteroatoms. The van der Waals surface area contributed by atoms with Crippen LogP contribution in [0.5, 0.6) is 0 Å². The molecule has 1 aromatic rings. The molecule has 1 heterocycles. The fraction of sp³-hybridized carbons (Fsp3) is 0.429. The van der Waals surface area contributed by atoms with Gasteiger partial charge in [0, 0.05) is 17.8 Å². The van der Waals surface area contributed by atoms with E-state index >= 15 is 0 Å². The number of allylic oxidation sites excluding steroid dienone is 1. The highest BCUT2D eigenvalue weighted by Gasteiger charge is 2.29. The zero-order chi connectivity index (χ0) is 14.8. The fourth-order valence-corrected chi connectivity index (χ4v) is 2.14. The number of hydrogen-bond donors (Lipinski definition) is 1. The van der Waals surface area contributed by atoms with Crippen LogP contribution in [0.4, 0.5) is 17.6 Å². The second-order valence-electron chi connectivity index (χ2n) is 5.07. The lowest BCUT2D eigenvalue weighted by atomic mass is 9.88. The first kappa shape index (κ1) is 14.8. The summed E-state index contributed by atoms with van der Waals surface area (Å²) in [5.41, 5.74) is 0.379. The Labute approximate surface area is 114 Å². The normalized spacial score (nSPS) is 22.6. The monoisotopic (exact) mass is 289 g/mol. The van der Waals surface area contributed by atoms with E-state index in [0.717, 1.165) is 6.07 Å². The summed E-state index contributed by atoms with van der Waals surface area (Å²) in [6.45, 7) is -1.20. The smallest absolute Gasteiger partial charge is 0.345 e. The molecule has 0 aliphatic carbocycles. The number of halogens is 4. The van der Waals surface area contributed by atoms with E-state index < -0.39 is 23.8 Å². The van der Waals surface area contributed by atoms with E-state index in [2.05, 4.69) is 10.1 Å². The van der Waals surface area contributed by atoms with Gasteiger partial charge in [-0.1, -0.05) is 0 Å². The van der Waals surface area contributed by atoms with Gasteiger partial charge in [0.2, 0.25) is 0 Å². The third-order valence-electron chi connectivity index (χ3n) is 3.35. The van der Waals surface area contributed by atoms with E-state index in [1.54, 1.807) is 13.1 Å². The maximum atomic E-state index is 13.6. The highest BCUT2D eigenvalue weighted by molar-refractivity contribution is 5.66. The maximum absolute atomic E-state index is 13.6. The van der Waals surface area contributed by atoms with Crippen molar-refractivity contribution in [1.29, 1.82) is 0 Å². The van der Waals surface area contributed by atoms with Crippen molar-refractivity contribution < 1.29 is 22.3 Å². The predicted octanol–water partition coefficient (Wildman–Crippen LogP) is 3.69. The second-order valence-corrected chi connectivity index (χ2v) is 5.07. The van der Waals surface area contributed by atoms with Crippen molar-refractivity contribution in [3.05, 3.63) is 41.6 Å². The Kier molecular flexibility index (Phi) is 4.32. The van der Waals surface area contributed by atoms with E-state index in [1.807, 2.05) is 0 Å². The molecule has 1 N–H and O–H groups in total. The number of benzene rings is 1. The predicted molar refractivity (Wildman–Crippen MR) is 67.1 cm³/mol. The van der Waals surface area contributed by atoms with Crippen LogP contribution in [-0.4, -0.2) is 18.8 Å². The van der Waals surface area contributed by atoms with E-state index in [4.69, 9.17) is 0 Å². The molecule has 0 amide bonds. The molecular weight excluding hydrogens is 274 g/mol. The van der Waals surface area contributed by atoms with E-state index in [-0.39, 0.29) is 6.61 Å². The van der Waals surface area contributed by atoms with Gasteiger partial charge in [0.25, 0.3) is 0 Å². The first-order chi connectivity index (χ1) is 9.39. The van der Waals surface area contributed by atoms with Gasteiger partial charge in [0.05, 0.1) is 12.1 Å². The van der Waals surface area contributed by atoms with Crippen LogP contribution in [-0.2, 0) is 4.74 Å². The Balaban J connectivity index is 2.08. The second kappa shape index (κ2) is 5.83. The van der Waals surface area contributed by atoms with Gasteiger partial charge in [-0.25, -0.2) is 8.78 Å². The minimum Gasteiger partial charge on any atom is -0.383 e. The minimum atomic E-state index is -2.81. The lowest BCUT2D eigenvalue weighted by Crippen LogP contribution is -2.46. The summed E-state index contributed by atoms with van der Waals surface area (Å²) < 4.78 is 54.9. The Bertz CT molecular complexity index is 518. The molecule has 1 aliphatic rings. The van der Waals surface area contributed by atoms with Crippen LogP contribution in [0, 0.1) is 11.6 Å². The summed E-state index contributed by atoms with van der Waals surface area (Å²) in [6, 6.07) is 3.38. The van der Waals surface area contributed by atoms with Crippen molar-refractivity contribution in [3.8, 4) is 0 Å². The summed E-state index contributed by atoms with van der Waals surface area (Å²) in [4.78, 5) is 0. The lowest BCUT2D eigenvalue weighted by Gasteiger charge is -2.34. The van der Waals surface area contributed by atoms with Gasteiger partial charge in [0.1, 0.15) is 11.6 Å². The molecule has 2 nitrogen and oxygen atoms in total. The van der Waals surface area contributed by atoms with Gasteiger partial charge in [0.15, 0.2) is 0 Å².